The van der Waals surface area contributed by atoms with Crippen LogP contribution in [0.3, 0.4) is 0 Å². The third kappa shape index (κ3) is 3.81. The Kier molecular flexibility index (Phi) is 5.23. The van der Waals surface area contributed by atoms with Gasteiger partial charge in [0.05, 0.1) is 0 Å². The molecule has 104 valence electrons. The van der Waals surface area contributed by atoms with Gasteiger partial charge in [-0.2, -0.15) is 0 Å². The molecule has 1 aliphatic carbocycles. The lowest BCUT2D eigenvalue weighted by atomic mass is 9.85. The molecular weight excluding hydrogens is 222 g/mol. The molecule has 0 bridgehead atoms. The SMILES string of the molecule is CC(=O)CC1CCCCCN1C1CCCC(C)C1. The molecule has 0 aromatic carbocycles. The van der Waals surface area contributed by atoms with Crippen LogP contribution >= 0.6 is 0 Å². The summed E-state index contributed by atoms with van der Waals surface area (Å²) < 4.78 is 0. The Morgan fingerprint density at radius 3 is 2.67 bits per heavy atom. The van der Waals surface area contributed by atoms with Gasteiger partial charge in [0.25, 0.3) is 0 Å². The van der Waals surface area contributed by atoms with Crippen LogP contribution in [0.5, 0.6) is 0 Å². The van der Waals surface area contributed by atoms with Gasteiger partial charge in [-0.3, -0.25) is 9.69 Å². The van der Waals surface area contributed by atoms with Crippen LogP contribution in [0.4, 0.5) is 0 Å². The first-order valence-corrected chi connectivity index (χ1v) is 7.92. The highest BCUT2D eigenvalue weighted by atomic mass is 16.1. The summed E-state index contributed by atoms with van der Waals surface area (Å²) in [5, 5.41) is 0. The summed E-state index contributed by atoms with van der Waals surface area (Å²) in [6.45, 7) is 5.38. The molecule has 1 heterocycles. The summed E-state index contributed by atoms with van der Waals surface area (Å²) in [6, 6.07) is 1.30. The van der Waals surface area contributed by atoms with Crippen LogP contribution in [0.25, 0.3) is 0 Å². The predicted molar refractivity (Wildman–Crippen MR) is 75.7 cm³/mol. The first kappa shape index (κ1) is 14.0. The van der Waals surface area contributed by atoms with E-state index in [4.69, 9.17) is 0 Å². The van der Waals surface area contributed by atoms with Crippen LogP contribution in [0.2, 0.25) is 0 Å². The minimum absolute atomic E-state index is 0.371. The van der Waals surface area contributed by atoms with E-state index in [0.29, 0.717) is 11.8 Å². The Bertz CT molecular complexity index is 276. The van der Waals surface area contributed by atoms with Crippen molar-refractivity contribution in [2.75, 3.05) is 6.54 Å². The summed E-state index contributed by atoms with van der Waals surface area (Å²) in [7, 11) is 0. The second-order valence-electron chi connectivity index (χ2n) is 6.57. The maximum Gasteiger partial charge on any atom is 0.131 e. The van der Waals surface area contributed by atoms with Crippen molar-refractivity contribution in [1.29, 1.82) is 0 Å². The van der Waals surface area contributed by atoms with Crippen molar-refractivity contribution in [2.24, 2.45) is 5.92 Å². The fourth-order valence-corrected chi connectivity index (χ4v) is 3.93. The molecule has 18 heavy (non-hydrogen) atoms. The predicted octanol–water partition coefficient (Wildman–Crippen LogP) is 3.79. The molecule has 0 spiro atoms. The van der Waals surface area contributed by atoms with Gasteiger partial charge in [0.15, 0.2) is 0 Å². The van der Waals surface area contributed by atoms with Gasteiger partial charge in [-0.05, 0) is 45.1 Å². The van der Waals surface area contributed by atoms with Crippen molar-refractivity contribution in [3.05, 3.63) is 0 Å². The Morgan fingerprint density at radius 2 is 1.94 bits per heavy atom. The standard InChI is InChI=1S/C16H29NO/c1-13-7-6-9-15(11-13)17-10-5-3-4-8-16(17)12-14(2)18/h13,15-16H,3-12H2,1-2H3. The topological polar surface area (TPSA) is 20.3 Å². The fraction of sp³-hybridized carbons (Fsp3) is 0.938. The van der Waals surface area contributed by atoms with Gasteiger partial charge in [0, 0.05) is 18.5 Å². The highest BCUT2D eigenvalue weighted by molar-refractivity contribution is 5.76. The van der Waals surface area contributed by atoms with Gasteiger partial charge in [-0.25, -0.2) is 0 Å². The zero-order valence-corrected chi connectivity index (χ0v) is 12.2. The molecule has 2 nitrogen and oxygen atoms in total. The Hall–Kier alpha value is -0.370. The molecule has 1 aliphatic heterocycles. The highest BCUT2D eigenvalue weighted by Gasteiger charge is 2.30. The molecule has 0 aromatic heterocycles. The van der Waals surface area contributed by atoms with E-state index in [1.807, 2.05) is 0 Å². The van der Waals surface area contributed by atoms with E-state index < -0.39 is 0 Å². The summed E-state index contributed by atoms with van der Waals surface area (Å²) in [4.78, 5) is 14.2. The van der Waals surface area contributed by atoms with E-state index in [-0.39, 0.29) is 0 Å². The van der Waals surface area contributed by atoms with Crippen molar-refractivity contribution in [3.63, 3.8) is 0 Å². The second kappa shape index (κ2) is 6.70. The van der Waals surface area contributed by atoms with E-state index in [2.05, 4.69) is 11.8 Å². The maximum absolute atomic E-state index is 11.5. The molecule has 3 unspecified atom stereocenters. The average Bonchev–Trinajstić information content (AvgIpc) is 2.54. The molecule has 0 N–H and O–H groups in total. The van der Waals surface area contributed by atoms with Gasteiger partial charge >= 0.3 is 0 Å². The second-order valence-corrected chi connectivity index (χ2v) is 6.57. The number of carbonyl (C=O) groups excluding carboxylic acids is 1. The molecule has 0 radical (unpaired) electrons. The van der Waals surface area contributed by atoms with Crippen molar-refractivity contribution in [2.45, 2.75) is 83.7 Å². The summed E-state index contributed by atoms with van der Waals surface area (Å²) in [6.07, 6.45) is 11.5. The molecule has 0 amide bonds. The molecule has 3 atom stereocenters. The first-order chi connectivity index (χ1) is 8.66. The summed E-state index contributed by atoms with van der Waals surface area (Å²) >= 11 is 0. The summed E-state index contributed by atoms with van der Waals surface area (Å²) in [5.41, 5.74) is 0. The lowest BCUT2D eigenvalue weighted by molar-refractivity contribution is -0.118. The van der Waals surface area contributed by atoms with Crippen LogP contribution in [-0.4, -0.2) is 29.3 Å². The third-order valence-corrected chi connectivity index (χ3v) is 4.82. The zero-order valence-electron chi connectivity index (χ0n) is 12.2. The Labute approximate surface area is 112 Å². The number of nitrogens with zero attached hydrogens (tertiary/aromatic N) is 1. The smallest absolute Gasteiger partial charge is 0.131 e. The Morgan fingerprint density at radius 1 is 1.11 bits per heavy atom. The normalized spacial score (nSPS) is 35.1. The van der Waals surface area contributed by atoms with Gasteiger partial charge in [-0.15, -0.1) is 0 Å². The Balaban J connectivity index is 2.01. The minimum atomic E-state index is 0.371. The molecule has 2 rings (SSSR count). The quantitative estimate of drug-likeness (QED) is 0.760. The van der Waals surface area contributed by atoms with Crippen molar-refractivity contribution in [1.82, 2.24) is 4.90 Å². The number of carbonyl (C=O) groups is 1. The van der Waals surface area contributed by atoms with E-state index in [1.54, 1.807) is 6.92 Å². The van der Waals surface area contributed by atoms with Crippen LogP contribution in [0, 0.1) is 5.92 Å². The van der Waals surface area contributed by atoms with Crippen molar-refractivity contribution in [3.8, 4) is 0 Å². The third-order valence-electron chi connectivity index (χ3n) is 4.82. The van der Waals surface area contributed by atoms with Crippen molar-refractivity contribution < 1.29 is 4.79 Å². The molecule has 2 fully saturated rings. The van der Waals surface area contributed by atoms with E-state index in [0.717, 1.165) is 18.4 Å². The number of hydrogen-bond donors (Lipinski definition) is 0. The number of Topliss-reactive ketones (excluding diaryl/α,β-unsaturated/α-hetero) is 1. The first-order valence-electron chi connectivity index (χ1n) is 7.92. The van der Waals surface area contributed by atoms with Gasteiger partial charge in [0.1, 0.15) is 5.78 Å². The van der Waals surface area contributed by atoms with Crippen LogP contribution < -0.4 is 0 Å². The lowest BCUT2D eigenvalue weighted by Gasteiger charge is -2.40. The van der Waals surface area contributed by atoms with Gasteiger partial charge in [0.2, 0.25) is 0 Å². The number of ketones is 1. The van der Waals surface area contributed by atoms with Crippen LogP contribution in [0.1, 0.15) is 71.6 Å². The van der Waals surface area contributed by atoms with E-state index in [1.165, 1.54) is 57.9 Å². The fourth-order valence-electron chi connectivity index (χ4n) is 3.93. The number of likely N-dealkylation sites (tertiary alicyclic amines) is 1. The maximum atomic E-state index is 11.5. The highest BCUT2D eigenvalue weighted by Crippen LogP contribution is 2.31. The molecule has 2 heteroatoms. The van der Waals surface area contributed by atoms with Crippen molar-refractivity contribution >= 4 is 5.78 Å². The van der Waals surface area contributed by atoms with Gasteiger partial charge < -0.3 is 0 Å². The molecule has 2 aliphatic rings. The lowest BCUT2D eigenvalue weighted by Crippen LogP contribution is -2.45. The summed E-state index contributed by atoms with van der Waals surface area (Å²) in [5.74, 6) is 1.25. The largest absolute Gasteiger partial charge is 0.300 e. The number of hydrogen-bond acceptors (Lipinski definition) is 2. The average molecular weight is 251 g/mol. The molecule has 0 aromatic rings. The molecule has 1 saturated heterocycles. The van der Waals surface area contributed by atoms with Gasteiger partial charge in [-0.1, -0.05) is 32.6 Å². The molecule has 1 saturated carbocycles. The van der Waals surface area contributed by atoms with Crippen LogP contribution in [0.15, 0.2) is 0 Å². The van der Waals surface area contributed by atoms with E-state index in [9.17, 15) is 4.79 Å². The number of rotatable bonds is 3. The minimum Gasteiger partial charge on any atom is -0.300 e. The zero-order chi connectivity index (χ0) is 13.0. The monoisotopic (exact) mass is 251 g/mol. The molecular formula is C16H29NO. The van der Waals surface area contributed by atoms with Crippen LogP contribution in [-0.2, 0) is 4.79 Å². The van der Waals surface area contributed by atoms with E-state index >= 15 is 0 Å².